The van der Waals surface area contributed by atoms with E-state index in [1.807, 2.05) is 0 Å². The van der Waals surface area contributed by atoms with E-state index in [-0.39, 0.29) is 40.6 Å². The van der Waals surface area contributed by atoms with Gasteiger partial charge < -0.3 is 15.4 Å². The minimum Gasteiger partial charge on any atom is -0.495 e. The molecule has 1 heterocycles. The number of piperazine rings is 1. The smallest absolute Gasteiger partial charge is 0.251 e. The van der Waals surface area contributed by atoms with Crippen LogP contribution in [0.25, 0.3) is 0 Å². The van der Waals surface area contributed by atoms with Crippen LogP contribution in [-0.4, -0.2) is 71.6 Å². The van der Waals surface area contributed by atoms with Crippen molar-refractivity contribution in [3.8, 4) is 5.75 Å². The van der Waals surface area contributed by atoms with Gasteiger partial charge in [0.05, 0.1) is 7.11 Å². The normalized spacial score (nSPS) is 15.3. The highest BCUT2D eigenvalue weighted by atomic mass is 35.5. The van der Waals surface area contributed by atoms with Gasteiger partial charge in [-0.3, -0.25) is 9.69 Å². The van der Waals surface area contributed by atoms with Gasteiger partial charge in [-0.25, -0.2) is 13.1 Å². The first kappa shape index (κ1) is 23.6. The van der Waals surface area contributed by atoms with Gasteiger partial charge in [0.2, 0.25) is 10.0 Å². The van der Waals surface area contributed by atoms with Gasteiger partial charge in [0, 0.05) is 50.9 Å². The van der Waals surface area contributed by atoms with Gasteiger partial charge in [0.25, 0.3) is 5.91 Å². The molecule has 0 unspecified atom stereocenters. The fraction of sp³-hybridized carbons (Fsp3) is 0.588. The number of nitrogens with zero attached hydrogens (tertiary/aromatic N) is 1. The second-order valence-electron chi connectivity index (χ2n) is 6.49. The van der Waals surface area contributed by atoms with Crippen LogP contribution in [0.3, 0.4) is 0 Å². The van der Waals surface area contributed by atoms with E-state index in [1.165, 1.54) is 19.2 Å². The Morgan fingerprint density at radius 3 is 2.56 bits per heavy atom. The SMILES string of the molecule is COc1ccc(C(=O)NCCN2CCNCC2)cc1S(=O)(=O)NC(C)C.Cl. The van der Waals surface area contributed by atoms with Crippen molar-refractivity contribution in [1.82, 2.24) is 20.3 Å². The standard InChI is InChI=1S/C17H28N4O4S.ClH/c1-13(2)20-26(23,24)16-12-14(4-5-15(16)25-3)17(22)19-8-11-21-9-6-18-7-10-21;/h4-5,12-13,18,20H,6-11H2,1-3H3,(H,19,22);1H. The molecule has 8 nitrogen and oxygen atoms in total. The molecule has 0 aromatic heterocycles. The summed E-state index contributed by atoms with van der Waals surface area (Å²) in [5, 5.41) is 6.13. The maximum Gasteiger partial charge on any atom is 0.251 e. The number of hydrogen-bond donors (Lipinski definition) is 3. The topological polar surface area (TPSA) is 99.8 Å². The molecular weight excluding hydrogens is 392 g/mol. The fourth-order valence-corrected chi connectivity index (χ4v) is 4.21. The summed E-state index contributed by atoms with van der Waals surface area (Å²) in [5.41, 5.74) is 0.287. The van der Waals surface area contributed by atoms with Crippen LogP contribution in [0.1, 0.15) is 24.2 Å². The minimum atomic E-state index is -3.77. The summed E-state index contributed by atoms with van der Waals surface area (Å²) in [4.78, 5) is 14.6. The van der Waals surface area contributed by atoms with Crippen molar-refractivity contribution in [3.63, 3.8) is 0 Å². The highest BCUT2D eigenvalue weighted by Crippen LogP contribution is 2.25. The number of carbonyl (C=O) groups is 1. The van der Waals surface area contributed by atoms with E-state index in [0.717, 1.165) is 32.7 Å². The van der Waals surface area contributed by atoms with Crippen molar-refractivity contribution in [2.75, 3.05) is 46.4 Å². The summed E-state index contributed by atoms with van der Waals surface area (Å²) in [6, 6.07) is 4.15. The second-order valence-corrected chi connectivity index (χ2v) is 8.17. The minimum absolute atomic E-state index is 0. The van der Waals surface area contributed by atoms with E-state index in [0.29, 0.717) is 6.54 Å². The largest absolute Gasteiger partial charge is 0.495 e. The van der Waals surface area contributed by atoms with E-state index in [9.17, 15) is 13.2 Å². The molecule has 1 saturated heterocycles. The Morgan fingerprint density at radius 2 is 1.96 bits per heavy atom. The Hall–Kier alpha value is -1.39. The van der Waals surface area contributed by atoms with E-state index >= 15 is 0 Å². The molecule has 0 atom stereocenters. The molecule has 1 aliphatic rings. The predicted octanol–water partition coefficient (Wildman–Crippen LogP) is 0.439. The number of halogens is 1. The first-order valence-corrected chi connectivity index (χ1v) is 10.2. The first-order valence-electron chi connectivity index (χ1n) is 8.75. The summed E-state index contributed by atoms with van der Waals surface area (Å²) in [6.45, 7) is 8.57. The molecule has 0 spiro atoms. The molecule has 1 amide bonds. The molecule has 10 heteroatoms. The van der Waals surface area contributed by atoms with Crippen LogP contribution in [0.15, 0.2) is 23.1 Å². The molecule has 1 aromatic carbocycles. The number of nitrogens with one attached hydrogen (secondary N) is 3. The van der Waals surface area contributed by atoms with Gasteiger partial charge in [-0.05, 0) is 32.0 Å². The first-order chi connectivity index (χ1) is 12.3. The summed E-state index contributed by atoms with van der Waals surface area (Å²) < 4.78 is 32.6. The van der Waals surface area contributed by atoms with Gasteiger partial charge in [0.1, 0.15) is 10.6 Å². The van der Waals surface area contributed by atoms with Gasteiger partial charge in [-0.2, -0.15) is 0 Å². The van der Waals surface area contributed by atoms with Gasteiger partial charge in [0.15, 0.2) is 0 Å². The number of amides is 1. The molecule has 1 aromatic rings. The Bertz CT molecular complexity index is 722. The van der Waals surface area contributed by atoms with E-state index in [2.05, 4.69) is 20.3 Å². The summed E-state index contributed by atoms with van der Waals surface area (Å²) in [6.07, 6.45) is 0. The lowest BCUT2D eigenvalue weighted by molar-refractivity contribution is 0.0947. The lowest BCUT2D eigenvalue weighted by Crippen LogP contribution is -2.46. The average molecular weight is 421 g/mol. The van der Waals surface area contributed by atoms with Crippen molar-refractivity contribution in [3.05, 3.63) is 23.8 Å². The van der Waals surface area contributed by atoms with Crippen LogP contribution in [0.5, 0.6) is 5.75 Å². The fourth-order valence-electron chi connectivity index (χ4n) is 2.77. The van der Waals surface area contributed by atoms with Gasteiger partial charge in [-0.1, -0.05) is 0 Å². The number of benzene rings is 1. The maximum absolute atomic E-state index is 12.5. The highest BCUT2D eigenvalue weighted by Gasteiger charge is 2.22. The summed E-state index contributed by atoms with van der Waals surface area (Å²) in [7, 11) is -2.37. The number of methoxy groups -OCH3 is 1. The molecule has 0 radical (unpaired) electrons. The summed E-state index contributed by atoms with van der Waals surface area (Å²) in [5.74, 6) is -0.0979. The third-order valence-electron chi connectivity index (χ3n) is 4.03. The Balaban J connectivity index is 0.00000364. The number of hydrogen-bond acceptors (Lipinski definition) is 6. The van der Waals surface area contributed by atoms with Crippen LogP contribution in [0, 0.1) is 0 Å². The van der Waals surface area contributed by atoms with Crippen LogP contribution in [0.4, 0.5) is 0 Å². The van der Waals surface area contributed by atoms with E-state index in [1.54, 1.807) is 19.9 Å². The number of rotatable bonds is 8. The van der Waals surface area contributed by atoms with Gasteiger partial charge in [-0.15, -0.1) is 12.4 Å². The third kappa shape index (κ3) is 6.93. The van der Waals surface area contributed by atoms with Crippen molar-refractivity contribution in [2.24, 2.45) is 0 Å². The van der Waals surface area contributed by atoms with Crippen LogP contribution in [0.2, 0.25) is 0 Å². The molecule has 27 heavy (non-hydrogen) atoms. The molecule has 154 valence electrons. The molecular formula is C17H29ClN4O4S. The Morgan fingerprint density at radius 1 is 1.30 bits per heavy atom. The monoisotopic (exact) mass is 420 g/mol. The highest BCUT2D eigenvalue weighted by molar-refractivity contribution is 7.89. The zero-order valence-corrected chi connectivity index (χ0v) is 17.6. The molecule has 1 fully saturated rings. The predicted molar refractivity (Wildman–Crippen MR) is 107 cm³/mol. The van der Waals surface area contributed by atoms with E-state index < -0.39 is 10.0 Å². The Labute approximate surface area is 167 Å². The third-order valence-corrected chi connectivity index (χ3v) is 5.71. The van der Waals surface area contributed by atoms with Crippen molar-refractivity contribution in [1.29, 1.82) is 0 Å². The van der Waals surface area contributed by atoms with Gasteiger partial charge >= 0.3 is 0 Å². The number of sulfonamides is 1. The van der Waals surface area contributed by atoms with Crippen LogP contribution in [-0.2, 0) is 10.0 Å². The molecule has 0 saturated carbocycles. The molecule has 3 N–H and O–H groups in total. The number of ether oxygens (including phenoxy) is 1. The summed E-state index contributed by atoms with van der Waals surface area (Å²) >= 11 is 0. The molecule has 0 aliphatic carbocycles. The van der Waals surface area contributed by atoms with Crippen molar-refractivity contribution in [2.45, 2.75) is 24.8 Å². The Kier molecular flexibility index (Phi) is 9.48. The van der Waals surface area contributed by atoms with Crippen molar-refractivity contribution < 1.29 is 17.9 Å². The van der Waals surface area contributed by atoms with Crippen LogP contribution >= 0.6 is 12.4 Å². The molecule has 1 aliphatic heterocycles. The van der Waals surface area contributed by atoms with Crippen LogP contribution < -0.4 is 20.1 Å². The average Bonchev–Trinajstić information content (AvgIpc) is 2.61. The maximum atomic E-state index is 12.5. The molecule has 2 rings (SSSR count). The van der Waals surface area contributed by atoms with Crippen molar-refractivity contribution >= 4 is 28.3 Å². The number of carbonyl (C=O) groups excluding carboxylic acids is 1. The lowest BCUT2D eigenvalue weighted by Gasteiger charge is -2.27. The zero-order chi connectivity index (χ0) is 19.2. The quantitative estimate of drug-likeness (QED) is 0.564. The van der Waals surface area contributed by atoms with E-state index in [4.69, 9.17) is 4.74 Å². The second kappa shape index (κ2) is 10.8. The lowest BCUT2D eigenvalue weighted by atomic mass is 10.2. The zero-order valence-electron chi connectivity index (χ0n) is 15.9. The molecule has 0 bridgehead atoms.